The van der Waals surface area contributed by atoms with Crippen molar-refractivity contribution in [1.82, 2.24) is 9.78 Å². The first-order valence-corrected chi connectivity index (χ1v) is 5.06. The average Bonchev–Trinajstić information content (AvgIpc) is 2.66. The predicted molar refractivity (Wildman–Crippen MR) is 59.5 cm³/mol. The number of hydrogen-bond donors (Lipinski definition) is 1. The Morgan fingerprint density at radius 1 is 1.33 bits per heavy atom. The molecule has 78 valence electrons. The lowest BCUT2D eigenvalue weighted by atomic mass is 10.3. The fourth-order valence-corrected chi connectivity index (χ4v) is 1.74. The number of hydrogen-bond acceptors (Lipinski definition) is 2. The van der Waals surface area contributed by atoms with Crippen LogP contribution in [0.3, 0.4) is 0 Å². The summed E-state index contributed by atoms with van der Waals surface area (Å²) in [7, 11) is 0. The molecule has 1 aromatic heterocycles. The molecule has 0 aliphatic carbocycles. The molecule has 0 atom stereocenters. The molecule has 3 nitrogen and oxygen atoms in total. The molecule has 2 rings (SSSR count). The Morgan fingerprint density at radius 3 is 2.73 bits per heavy atom. The van der Waals surface area contributed by atoms with Crippen molar-refractivity contribution in [3.8, 4) is 5.69 Å². The molecular formula is C10H8Cl2N2O. The highest BCUT2D eigenvalue weighted by Gasteiger charge is 2.05. The van der Waals surface area contributed by atoms with Gasteiger partial charge in [-0.25, -0.2) is 4.68 Å². The average molecular weight is 243 g/mol. The zero-order chi connectivity index (χ0) is 10.8. The van der Waals surface area contributed by atoms with Crippen LogP contribution in [-0.2, 0) is 6.61 Å². The molecule has 0 bridgehead atoms. The monoisotopic (exact) mass is 242 g/mol. The molecule has 0 saturated carbocycles. The van der Waals surface area contributed by atoms with Crippen molar-refractivity contribution in [2.75, 3.05) is 0 Å². The van der Waals surface area contributed by atoms with Gasteiger partial charge in [0.1, 0.15) is 0 Å². The molecule has 5 heteroatoms. The van der Waals surface area contributed by atoms with Crippen LogP contribution in [0, 0.1) is 0 Å². The molecule has 0 aliphatic rings. The topological polar surface area (TPSA) is 38.1 Å². The number of benzene rings is 1. The first kappa shape index (κ1) is 10.5. The van der Waals surface area contributed by atoms with Crippen LogP contribution in [0.25, 0.3) is 5.69 Å². The number of aliphatic hydroxyl groups is 1. The van der Waals surface area contributed by atoms with Crippen molar-refractivity contribution in [3.63, 3.8) is 0 Å². The summed E-state index contributed by atoms with van der Waals surface area (Å²) in [5.74, 6) is 0. The Kier molecular flexibility index (Phi) is 2.95. The highest BCUT2D eigenvalue weighted by Crippen LogP contribution is 2.23. The molecule has 0 aliphatic heterocycles. The summed E-state index contributed by atoms with van der Waals surface area (Å²) in [6, 6.07) is 5.17. The van der Waals surface area contributed by atoms with Crippen LogP contribution in [0.2, 0.25) is 10.0 Å². The molecule has 15 heavy (non-hydrogen) atoms. The van der Waals surface area contributed by atoms with Gasteiger partial charge >= 0.3 is 0 Å². The molecule has 1 N–H and O–H groups in total. The van der Waals surface area contributed by atoms with Crippen LogP contribution in [-0.4, -0.2) is 14.9 Å². The second kappa shape index (κ2) is 4.23. The van der Waals surface area contributed by atoms with E-state index in [4.69, 9.17) is 28.3 Å². The molecule has 0 spiro atoms. The van der Waals surface area contributed by atoms with E-state index in [0.29, 0.717) is 10.0 Å². The number of aliphatic hydroxyl groups excluding tert-OH is 1. The van der Waals surface area contributed by atoms with Crippen molar-refractivity contribution in [3.05, 3.63) is 46.2 Å². The molecule has 0 fully saturated rings. The maximum atomic E-state index is 8.90. The Balaban J connectivity index is 2.44. The van der Waals surface area contributed by atoms with Gasteiger partial charge in [-0.3, -0.25) is 0 Å². The summed E-state index contributed by atoms with van der Waals surface area (Å²) in [5, 5.41) is 14.1. The lowest BCUT2D eigenvalue weighted by molar-refractivity contribution is 0.282. The van der Waals surface area contributed by atoms with Gasteiger partial charge in [0.2, 0.25) is 0 Å². The van der Waals surface area contributed by atoms with E-state index in [0.717, 1.165) is 11.3 Å². The van der Waals surface area contributed by atoms with Gasteiger partial charge in [0.15, 0.2) is 0 Å². The first-order valence-electron chi connectivity index (χ1n) is 4.30. The zero-order valence-electron chi connectivity index (χ0n) is 7.69. The van der Waals surface area contributed by atoms with Crippen LogP contribution >= 0.6 is 23.2 Å². The molecule has 0 radical (unpaired) electrons. The third kappa shape index (κ3) is 2.15. The fraction of sp³-hybridized carbons (Fsp3) is 0.100. The minimum absolute atomic E-state index is 0.0365. The van der Waals surface area contributed by atoms with Gasteiger partial charge in [-0.15, -0.1) is 0 Å². The van der Waals surface area contributed by atoms with Crippen LogP contribution in [0.1, 0.15) is 5.56 Å². The molecule has 1 aromatic carbocycles. The van der Waals surface area contributed by atoms with Crippen LogP contribution in [0.5, 0.6) is 0 Å². The quantitative estimate of drug-likeness (QED) is 0.880. The molecule has 1 heterocycles. The Bertz CT molecular complexity index is 482. The number of nitrogens with zero attached hydrogens (tertiary/aromatic N) is 2. The van der Waals surface area contributed by atoms with Crippen molar-refractivity contribution in [2.24, 2.45) is 0 Å². The maximum Gasteiger partial charge on any atom is 0.0832 e. The van der Waals surface area contributed by atoms with Gasteiger partial charge in [0.05, 0.1) is 23.5 Å². The SMILES string of the molecule is OCc1cnn(-c2ccc(Cl)cc2Cl)c1. The number of aromatic nitrogens is 2. The third-order valence-corrected chi connectivity index (χ3v) is 2.51. The zero-order valence-corrected chi connectivity index (χ0v) is 9.20. The standard InChI is InChI=1S/C10H8Cl2N2O/c11-8-1-2-10(9(12)3-8)14-5-7(6-15)4-13-14/h1-5,15H,6H2. The van der Waals surface area contributed by atoms with Crippen molar-refractivity contribution >= 4 is 23.2 Å². The summed E-state index contributed by atoms with van der Waals surface area (Å²) in [5.41, 5.74) is 1.47. The lowest BCUT2D eigenvalue weighted by Gasteiger charge is -2.03. The maximum absolute atomic E-state index is 8.90. The van der Waals surface area contributed by atoms with Gasteiger partial charge in [-0.1, -0.05) is 23.2 Å². The third-order valence-electron chi connectivity index (χ3n) is 1.98. The summed E-state index contributed by atoms with van der Waals surface area (Å²) < 4.78 is 1.60. The first-order chi connectivity index (χ1) is 7.20. The highest BCUT2D eigenvalue weighted by atomic mass is 35.5. The lowest BCUT2D eigenvalue weighted by Crippen LogP contribution is -1.94. The van der Waals surface area contributed by atoms with Gasteiger partial charge in [-0.05, 0) is 18.2 Å². The highest BCUT2D eigenvalue weighted by molar-refractivity contribution is 6.35. The fourth-order valence-electron chi connectivity index (χ4n) is 1.24. The van der Waals surface area contributed by atoms with E-state index >= 15 is 0 Å². The summed E-state index contributed by atoms with van der Waals surface area (Å²) in [4.78, 5) is 0. The second-order valence-corrected chi connectivity index (χ2v) is 3.89. The van der Waals surface area contributed by atoms with Crippen LogP contribution < -0.4 is 0 Å². The van der Waals surface area contributed by atoms with Gasteiger partial charge < -0.3 is 5.11 Å². The van der Waals surface area contributed by atoms with Gasteiger partial charge in [-0.2, -0.15) is 5.10 Å². The number of halogens is 2. The molecule has 0 amide bonds. The Morgan fingerprint density at radius 2 is 2.13 bits per heavy atom. The molecule has 2 aromatic rings. The van der Waals surface area contributed by atoms with Gasteiger partial charge in [0, 0.05) is 16.8 Å². The van der Waals surface area contributed by atoms with E-state index in [-0.39, 0.29) is 6.61 Å². The van der Waals surface area contributed by atoms with E-state index in [9.17, 15) is 0 Å². The van der Waals surface area contributed by atoms with Crippen molar-refractivity contribution in [1.29, 1.82) is 0 Å². The summed E-state index contributed by atoms with van der Waals surface area (Å²) in [6.45, 7) is -0.0365. The van der Waals surface area contributed by atoms with Crippen molar-refractivity contribution in [2.45, 2.75) is 6.61 Å². The van der Waals surface area contributed by atoms with Crippen LogP contribution in [0.4, 0.5) is 0 Å². The van der Waals surface area contributed by atoms with E-state index < -0.39 is 0 Å². The van der Waals surface area contributed by atoms with E-state index in [1.807, 2.05) is 0 Å². The Hall–Kier alpha value is -1.03. The van der Waals surface area contributed by atoms with E-state index in [1.165, 1.54) is 0 Å². The summed E-state index contributed by atoms with van der Waals surface area (Å²) >= 11 is 11.8. The van der Waals surface area contributed by atoms with Crippen molar-refractivity contribution < 1.29 is 5.11 Å². The summed E-state index contributed by atoms with van der Waals surface area (Å²) in [6.07, 6.45) is 3.31. The predicted octanol–water partition coefficient (Wildman–Crippen LogP) is 2.67. The number of rotatable bonds is 2. The van der Waals surface area contributed by atoms with Gasteiger partial charge in [0.25, 0.3) is 0 Å². The molecular weight excluding hydrogens is 235 g/mol. The second-order valence-electron chi connectivity index (χ2n) is 3.05. The Labute approximate surface area is 96.9 Å². The van der Waals surface area contributed by atoms with Crippen LogP contribution in [0.15, 0.2) is 30.6 Å². The molecule has 0 unspecified atom stereocenters. The minimum atomic E-state index is -0.0365. The smallest absolute Gasteiger partial charge is 0.0832 e. The van der Waals surface area contributed by atoms with E-state index in [1.54, 1.807) is 35.3 Å². The minimum Gasteiger partial charge on any atom is -0.392 e. The molecule has 0 saturated heterocycles. The normalized spacial score (nSPS) is 10.6. The largest absolute Gasteiger partial charge is 0.392 e. The van der Waals surface area contributed by atoms with E-state index in [2.05, 4.69) is 5.10 Å².